The molecule has 0 aromatic heterocycles. The number of anilines is 1. The third-order valence-electron chi connectivity index (χ3n) is 2.73. The topological polar surface area (TPSA) is 24.5 Å². The van der Waals surface area contributed by atoms with Crippen LogP contribution in [0.5, 0.6) is 0 Å². The monoisotopic (exact) mass is 236 g/mol. The summed E-state index contributed by atoms with van der Waals surface area (Å²) in [5, 5.41) is 3.46. The average molecular weight is 236 g/mol. The van der Waals surface area contributed by atoms with Crippen molar-refractivity contribution in [1.82, 2.24) is 5.32 Å². The van der Waals surface area contributed by atoms with Crippen molar-refractivity contribution in [2.45, 2.75) is 26.4 Å². The Hall–Kier alpha value is -1.06. The molecule has 1 aromatic carbocycles. The van der Waals surface area contributed by atoms with E-state index in [1.807, 2.05) is 0 Å². The van der Waals surface area contributed by atoms with Gasteiger partial charge in [-0.1, -0.05) is 32.0 Å². The van der Waals surface area contributed by atoms with Crippen LogP contribution in [0.1, 0.15) is 19.4 Å². The lowest BCUT2D eigenvalue weighted by atomic mass is 10.1. The van der Waals surface area contributed by atoms with Gasteiger partial charge in [0, 0.05) is 39.0 Å². The Bertz CT molecular complexity index is 326. The van der Waals surface area contributed by atoms with Gasteiger partial charge in [0.25, 0.3) is 0 Å². The zero-order valence-corrected chi connectivity index (χ0v) is 11.4. The van der Waals surface area contributed by atoms with Crippen LogP contribution in [0.3, 0.4) is 0 Å². The maximum Gasteiger partial charge on any atom is 0.0637 e. The van der Waals surface area contributed by atoms with E-state index in [1.54, 1.807) is 7.11 Å². The lowest BCUT2D eigenvalue weighted by Gasteiger charge is -2.22. The van der Waals surface area contributed by atoms with Gasteiger partial charge in [-0.2, -0.15) is 0 Å². The van der Waals surface area contributed by atoms with E-state index >= 15 is 0 Å². The molecule has 96 valence electrons. The number of nitrogens with one attached hydrogen (secondary N) is 1. The summed E-state index contributed by atoms with van der Waals surface area (Å²) in [7, 11) is 3.84. The molecule has 0 aliphatic heterocycles. The molecule has 0 radical (unpaired) electrons. The van der Waals surface area contributed by atoms with E-state index in [4.69, 9.17) is 4.74 Å². The smallest absolute Gasteiger partial charge is 0.0637 e. The molecule has 0 amide bonds. The molecule has 1 aromatic rings. The van der Waals surface area contributed by atoms with E-state index < -0.39 is 0 Å². The quantitative estimate of drug-likeness (QED) is 0.786. The number of ether oxygens (including phenoxy) is 1. The van der Waals surface area contributed by atoms with Crippen LogP contribution in [-0.2, 0) is 11.3 Å². The molecule has 1 rings (SSSR count). The molecule has 0 heterocycles. The van der Waals surface area contributed by atoms with E-state index in [-0.39, 0.29) is 0 Å². The number of para-hydroxylation sites is 1. The zero-order chi connectivity index (χ0) is 12.7. The second kappa shape index (κ2) is 7.30. The first-order chi connectivity index (χ1) is 8.15. The second-order valence-electron chi connectivity index (χ2n) is 4.58. The van der Waals surface area contributed by atoms with Gasteiger partial charge in [-0.25, -0.2) is 0 Å². The Balaban J connectivity index is 2.69. The summed E-state index contributed by atoms with van der Waals surface area (Å²) in [5.41, 5.74) is 2.61. The number of methoxy groups -OCH3 is 1. The molecule has 0 unspecified atom stereocenters. The number of nitrogens with zero attached hydrogens (tertiary/aromatic N) is 1. The molecule has 0 atom stereocenters. The van der Waals surface area contributed by atoms with Crippen molar-refractivity contribution in [3.8, 4) is 0 Å². The first-order valence-corrected chi connectivity index (χ1v) is 6.16. The highest BCUT2D eigenvalue weighted by Gasteiger charge is 2.06. The number of hydrogen-bond donors (Lipinski definition) is 1. The Morgan fingerprint density at radius 3 is 2.65 bits per heavy atom. The van der Waals surface area contributed by atoms with Crippen LogP contribution in [0.2, 0.25) is 0 Å². The third-order valence-corrected chi connectivity index (χ3v) is 2.73. The van der Waals surface area contributed by atoms with Gasteiger partial charge in [0.15, 0.2) is 0 Å². The number of hydrogen-bond acceptors (Lipinski definition) is 3. The fourth-order valence-electron chi connectivity index (χ4n) is 1.70. The van der Waals surface area contributed by atoms with Crippen LogP contribution in [0.25, 0.3) is 0 Å². The summed E-state index contributed by atoms with van der Waals surface area (Å²) < 4.78 is 5.11. The Kier molecular flexibility index (Phi) is 6.01. The van der Waals surface area contributed by atoms with Gasteiger partial charge in [0.1, 0.15) is 0 Å². The summed E-state index contributed by atoms with van der Waals surface area (Å²) in [4.78, 5) is 2.24. The summed E-state index contributed by atoms with van der Waals surface area (Å²) in [6.07, 6.45) is 0. The maximum atomic E-state index is 5.11. The number of likely N-dealkylation sites (N-methyl/N-ethyl adjacent to an activating group) is 1. The van der Waals surface area contributed by atoms with Crippen molar-refractivity contribution in [2.24, 2.45) is 0 Å². The summed E-state index contributed by atoms with van der Waals surface area (Å²) in [5.74, 6) is 0. The molecular weight excluding hydrogens is 212 g/mol. The van der Waals surface area contributed by atoms with Crippen molar-refractivity contribution in [3.05, 3.63) is 29.8 Å². The minimum atomic E-state index is 0.507. The van der Waals surface area contributed by atoms with E-state index in [0.717, 1.165) is 19.7 Å². The van der Waals surface area contributed by atoms with Crippen molar-refractivity contribution in [2.75, 3.05) is 32.2 Å². The standard InChI is InChI=1S/C14H24N2O/c1-12(2)15-11-13-7-5-6-8-14(13)16(3)9-10-17-4/h5-8,12,15H,9-11H2,1-4H3. The average Bonchev–Trinajstić information content (AvgIpc) is 2.33. The SMILES string of the molecule is COCCN(C)c1ccccc1CNC(C)C. The van der Waals surface area contributed by atoms with E-state index in [2.05, 4.69) is 55.4 Å². The summed E-state index contributed by atoms with van der Waals surface area (Å²) >= 11 is 0. The molecule has 0 aliphatic carbocycles. The maximum absolute atomic E-state index is 5.11. The van der Waals surface area contributed by atoms with E-state index in [0.29, 0.717) is 6.04 Å². The molecule has 0 spiro atoms. The van der Waals surface area contributed by atoms with Crippen LogP contribution in [-0.4, -0.2) is 33.4 Å². The summed E-state index contributed by atoms with van der Waals surface area (Å²) in [6, 6.07) is 9.01. The largest absolute Gasteiger partial charge is 0.383 e. The molecule has 1 N–H and O–H groups in total. The Morgan fingerprint density at radius 1 is 1.29 bits per heavy atom. The molecule has 0 aliphatic rings. The lowest BCUT2D eigenvalue weighted by Crippen LogP contribution is -2.26. The van der Waals surface area contributed by atoms with Crippen molar-refractivity contribution in [1.29, 1.82) is 0 Å². The highest BCUT2D eigenvalue weighted by atomic mass is 16.5. The van der Waals surface area contributed by atoms with Crippen molar-refractivity contribution in [3.63, 3.8) is 0 Å². The normalized spacial score (nSPS) is 10.9. The minimum absolute atomic E-state index is 0.507. The molecule has 0 fully saturated rings. The molecule has 17 heavy (non-hydrogen) atoms. The predicted molar refractivity (Wildman–Crippen MR) is 73.6 cm³/mol. The highest BCUT2D eigenvalue weighted by molar-refractivity contribution is 5.53. The van der Waals surface area contributed by atoms with Gasteiger partial charge >= 0.3 is 0 Å². The fourth-order valence-corrected chi connectivity index (χ4v) is 1.70. The second-order valence-corrected chi connectivity index (χ2v) is 4.58. The van der Waals surface area contributed by atoms with Crippen LogP contribution >= 0.6 is 0 Å². The van der Waals surface area contributed by atoms with Gasteiger partial charge < -0.3 is 15.0 Å². The van der Waals surface area contributed by atoms with Crippen molar-refractivity contribution < 1.29 is 4.74 Å². The van der Waals surface area contributed by atoms with Gasteiger partial charge in [-0.15, -0.1) is 0 Å². The number of benzene rings is 1. The van der Waals surface area contributed by atoms with E-state index in [1.165, 1.54) is 11.3 Å². The lowest BCUT2D eigenvalue weighted by molar-refractivity contribution is 0.206. The van der Waals surface area contributed by atoms with Gasteiger partial charge in [0.2, 0.25) is 0 Å². The van der Waals surface area contributed by atoms with Gasteiger partial charge in [0.05, 0.1) is 6.61 Å². The first-order valence-electron chi connectivity index (χ1n) is 6.16. The minimum Gasteiger partial charge on any atom is -0.383 e. The molecule has 3 heteroatoms. The first kappa shape index (κ1) is 14.0. The van der Waals surface area contributed by atoms with Crippen LogP contribution in [0, 0.1) is 0 Å². The van der Waals surface area contributed by atoms with Gasteiger partial charge in [-0.05, 0) is 11.6 Å². The van der Waals surface area contributed by atoms with E-state index in [9.17, 15) is 0 Å². The summed E-state index contributed by atoms with van der Waals surface area (Å²) in [6.45, 7) is 6.90. The Morgan fingerprint density at radius 2 is 2.00 bits per heavy atom. The van der Waals surface area contributed by atoms with Crippen LogP contribution in [0.4, 0.5) is 5.69 Å². The molecule has 0 bridgehead atoms. The fraction of sp³-hybridized carbons (Fsp3) is 0.571. The van der Waals surface area contributed by atoms with Crippen LogP contribution < -0.4 is 10.2 Å². The third kappa shape index (κ3) is 4.75. The highest BCUT2D eigenvalue weighted by Crippen LogP contribution is 2.18. The molecule has 0 saturated carbocycles. The Labute approximate surface area is 105 Å². The van der Waals surface area contributed by atoms with Gasteiger partial charge in [-0.3, -0.25) is 0 Å². The van der Waals surface area contributed by atoms with Crippen LogP contribution in [0.15, 0.2) is 24.3 Å². The zero-order valence-electron chi connectivity index (χ0n) is 11.4. The molecular formula is C14H24N2O. The number of rotatable bonds is 7. The molecule has 0 saturated heterocycles. The van der Waals surface area contributed by atoms with Crippen molar-refractivity contribution >= 4 is 5.69 Å². The predicted octanol–water partition coefficient (Wildman–Crippen LogP) is 2.27. The molecule has 3 nitrogen and oxygen atoms in total.